The Balaban J connectivity index is 0.00000304. The number of pyridine rings is 2. The van der Waals surface area contributed by atoms with Crippen LogP contribution in [0.25, 0.3) is 72.5 Å². The smallest absolute Gasteiger partial charge is 0.502 e. The first-order valence-corrected chi connectivity index (χ1v) is 22.1. The van der Waals surface area contributed by atoms with E-state index in [2.05, 4.69) is 135 Å². The zero-order chi connectivity index (χ0) is 44.3. The van der Waals surface area contributed by atoms with Gasteiger partial charge in [0.05, 0.1) is 0 Å². The summed E-state index contributed by atoms with van der Waals surface area (Å²) in [5.74, 6) is 2.66. The predicted molar refractivity (Wildman–Crippen MR) is 260 cm³/mol. The van der Waals surface area contributed by atoms with Crippen molar-refractivity contribution < 1.29 is 51.0 Å². The fourth-order valence-electron chi connectivity index (χ4n) is 8.59. The molecule has 0 saturated heterocycles. The van der Waals surface area contributed by atoms with Crippen LogP contribution in [0.2, 0.25) is 0 Å². The van der Waals surface area contributed by atoms with E-state index in [1.54, 1.807) is 30.9 Å². The van der Waals surface area contributed by atoms with E-state index in [1.807, 2.05) is 53.1 Å². The van der Waals surface area contributed by atoms with Crippen LogP contribution in [0.1, 0.15) is 48.9 Å². The van der Waals surface area contributed by atoms with Crippen molar-refractivity contribution in [2.45, 2.75) is 53.4 Å². The van der Waals surface area contributed by atoms with E-state index in [4.69, 9.17) is 19.4 Å². The number of benzene rings is 6. The second-order valence-corrected chi connectivity index (χ2v) is 16.2. The summed E-state index contributed by atoms with van der Waals surface area (Å²) < 4.78 is 15.7. The van der Waals surface area contributed by atoms with Gasteiger partial charge in [-0.2, -0.15) is 22.9 Å². The number of aryl methyl sites for hydroxylation is 4. The van der Waals surface area contributed by atoms with Crippen LogP contribution in [0.3, 0.4) is 0 Å². The Morgan fingerprint density at radius 2 is 0.925 bits per heavy atom. The molecule has 0 saturated carbocycles. The van der Waals surface area contributed by atoms with E-state index in [0.717, 1.165) is 103 Å². The van der Waals surface area contributed by atoms with Crippen molar-refractivity contribution in [2.24, 2.45) is 0 Å². The zero-order valence-electron chi connectivity index (χ0n) is 37.4. The minimum Gasteiger partial charge on any atom is -0.502 e. The summed E-state index contributed by atoms with van der Waals surface area (Å²) in [5.41, 5.74) is 13.5. The van der Waals surface area contributed by atoms with Gasteiger partial charge in [0.1, 0.15) is 0 Å². The van der Waals surface area contributed by atoms with Gasteiger partial charge in [-0.15, -0.1) is 58.7 Å². The van der Waals surface area contributed by atoms with E-state index in [1.165, 1.54) is 11.1 Å². The number of hydrogen-bond donors (Lipinski definition) is 0. The van der Waals surface area contributed by atoms with Crippen molar-refractivity contribution in [3.05, 3.63) is 199 Å². The average Bonchev–Trinajstić information content (AvgIpc) is 3.66. The number of fused-ring (bicyclic) bond motifs is 3. The molecule has 4 heterocycles. The molecule has 0 N–H and O–H groups in total. The van der Waals surface area contributed by atoms with E-state index in [0.29, 0.717) is 28.9 Å². The van der Waals surface area contributed by atoms with Gasteiger partial charge in [-0.25, -0.2) is 9.97 Å². The second kappa shape index (κ2) is 21.0. The molecule has 0 amide bonds. The molecule has 0 fully saturated rings. The van der Waals surface area contributed by atoms with Gasteiger partial charge >= 0.3 is 41.5 Å². The van der Waals surface area contributed by atoms with Gasteiger partial charge in [0, 0.05) is 47.8 Å². The van der Waals surface area contributed by atoms with Gasteiger partial charge in [0.25, 0.3) is 0 Å². The van der Waals surface area contributed by atoms with Crippen LogP contribution in [-0.2, 0) is 54.3 Å². The monoisotopic (exact) mass is 1140 g/mol. The van der Waals surface area contributed by atoms with Gasteiger partial charge in [-0.3, -0.25) is 0 Å². The third-order valence-electron chi connectivity index (χ3n) is 11.6. The van der Waals surface area contributed by atoms with Crippen molar-refractivity contribution in [3.8, 4) is 73.7 Å². The quantitative estimate of drug-likeness (QED) is 0.0846. The molecular formula is C58H45N5O2PdPt. The van der Waals surface area contributed by atoms with Crippen molar-refractivity contribution in [3.63, 3.8) is 0 Å². The van der Waals surface area contributed by atoms with E-state index in [-0.39, 0.29) is 41.5 Å². The summed E-state index contributed by atoms with van der Waals surface area (Å²) >= 11 is 0. The standard InChI is InChI=1S/C58H45N5O2.Pd.Pt/c1-5-12-40-16-20-42(21-17-40)56-38(3)32-44(50-14-7-9-28-59-50)34-54(56)64-46-24-26-48-49-27-25-47(37-53(49)63(52(48)36-46)58-61-30-11-31-62-58)65-55-35-45(51-15-8-10-29-60-51)33-39(4)57(55)43-22-18-41(13-6-2)19-23-43;;/h7-11,14-33H,5-6,12-13H2,1-4H3;;/q-4;2*+2. The molecule has 6 aromatic carbocycles. The topological polar surface area (TPSA) is 75.0 Å². The minimum atomic E-state index is 0. The van der Waals surface area contributed by atoms with Crippen molar-refractivity contribution in [1.29, 1.82) is 0 Å². The summed E-state index contributed by atoms with van der Waals surface area (Å²) in [5, 5.41) is 1.87. The Kier molecular flexibility index (Phi) is 14.7. The van der Waals surface area contributed by atoms with Crippen LogP contribution in [-0.4, -0.2) is 24.5 Å². The van der Waals surface area contributed by atoms with E-state index < -0.39 is 0 Å². The summed E-state index contributed by atoms with van der Waals surface area (Å²) in [6.07, 6.45) is 11.3. The summed E-state index contributed by atoms with van der Waals surface area (Å²) in [7, 11) is 0. The zero-order valence-corrected chi connectivity index (χ0v) is 41.3. The first-order chi connectivity index (χ1) is 31.9. The molecule has 4 aromatic heterocycles. The molecule has 0 atom stereocenters. The van der Waals surface area contributed by atoms with Gasteiger partial charge in [-0.1, -0.05) is 159 Å². The molecule has 0 radical (unpaired) electrons. The Hall–Kier alpha value is -6.55. The first-order valence-electron chi connectivity index (χ1n) is 22.1. The molecule has 0 aliphatic rings. The number of nitrogens with zero attached hydrogens (tertiary/aromatic N) is 5. The molecule has 9 heteroatoms. The third kappa shape index (κ3) is 9.81. The molecule has 10 rings (SSSR count). The first kappa shape index (κ1) is 47.0. The molecule has 10 aromatic rings. The molecule has 0 unspecified atom stereocenters. The van der Waals surface area contributed by atoms with Gasteiger partial charge < -0.3 is 24.0 Å². The average molecular weight is 1150 g/mol. The summed E-state index contributed by atoms with van der Waals surface area (Å²) in [4.78, 5) is 18.7. The Morgan fingerprint density at radius 3 is 1.33 bits per heavy atom. The predicted octanol–water partition coefficient (Wildman–Crippen LogP) is 14.3. The van der Waals surface area contributed by atoms with Crippen LogP contribution in [0.5, 0.6) is 23.0 Å². The Labute approximate surface area is 420 Å². The Bertz CT molecular complexity index is 3090. The normalized spacial score (nSPS) is 11.0. The summed E-state index contributed by atoms with van der Waals surface area (Å²) in [6, 6.07) is 57.7. The third-order valence-corrected chi connectivity index (χ3v) is 11.6. The summed E-state index contributed by atoms with van der Waals surface area (Å²) in [6.45, 7) is 8.61. The van der Waals surface area contributed by atoms with Crippen LogP contribution in [0, 0.1) is 38.1 Å². The largest absolute Gasteiger partial charge is 2.00 e. The van der Waals surface area contributed by atoms with E-state index >= 15 is 0 Å². The minimum absolute atomic E-state index is 0. The van der Waals surface area contributed by atoms with Crippen molar-refractivity contribution >= 4 is 21.8 Å². The second-order valence-electron chi connectivity index (χ2n) is 16.2. The molecular weight excluding hydrogens is 1100 g/mol. The number of hydrogen-bond acceptors (Lipinski definition) is 6. The van der Waals surface area contributed by atoms with Gasteiger partial charge in [0.2, 0.25) is 5.95 Å². The molecule has 7 nitrogen and oxygen atoms in total. The van der Waals surface area contributed by atoms with Crippen molar-refractivity contribution in [2.75, 3.05) is 0 Å². The van der Waals surface area contributed by atoms with Crippen LogP contribution in [0.15, 0.2) is 152 Å². The van der Waals surface area contributed by atoms with Crippen LogP contribution in [0.4, 0.5) is 0 Å². The van der Waals surface area contributed by atoms with E-state index in [9.17, 15) is 0 Å². The molecule has 67 heavy (non-hydrogen) atoms. The number of rotatable bonds is 13. The number of ether oxygens (including phenoxy) is 2. The SMILES string of the molecule is CCCc1ccc(-c2c(Oc3[c-]c4c(cc3)c3ccc(Oc5[c-]c(-c6ccccn6)cc(C)c5-c5ccc(CCC)cc5)[c-]c3n4-c3ncccn3)[c-]c(-c3ccccn3)cc2C)cc1.[Pd+2].[Pt+2]. The maximum absolute atomic E-state index is 6.88. The number of aromatic nitrogens is 5. The Morgan fingerprint density at radius 1 is 0.493 bits per heavy atom. The maximum Gasteiger partial charge on any atom is 2.00 e. The van der Waals surface area contributed by atoms with Crippen LogP contribution < -0.4 is 9.47 Å². The molecule has 0 bridgehead atoms. The maximum atomic E-state index is 6.88. The van der Waals surface area contributed by atoms with Gasteiger partial charge in [0.15, 0.2) is 0 Å². The van der Waals surface area contributed by atoms with Crippen LogP contribution >= 0.6 is 0 Å². The molecule has 0 aliphatic carbocycles. The molecule has 334 valence electrons. The molecule has 0 aliphatic heterocycles. The van der Waals surface area contributed by atoms with Crippen molar-refractivity contribution in [1.82, 2.24) is 24.5 Å². The molecule has 0 spiro atoms. The fraction of sp³-hybridized carbons (Fsp3) is 0.138. The van der Waals surface area contributed by atoms with Gasteiger partial charge in [-0.05, 0) is 53.6 Å². The fourth-order valence-corrected chi connectivity index (χ4v) is 8.59.